The molecular weight excluding hydrogens is 360 g/mol. The first-order valence-corrected chi connectivity index (χ1v) is 7.56. The summed E-state index contributed by atoms with van der Waals surface area (Å²) in [6.07, 6.45) is -0.966. The molecule has 2 rings (SSSR count). The Morgan fingerprint density at radius 2 is 1.96 bits per heavy atom. The van der Waals surface area contributed by atoms with Crippen LogP contribution in [0.4, 0.5) is 5.69 Å². The van der Waals surface area contributed by atoms with Crippen molar-refractivity contribution in [3.8, 4) is 6.07 Å². The van der Waals surface area contributed by atoms with Gasteiger partial charge in [0.05, 0.1) is 17.2 Å². The smallest absolute Gasteiger partial charge is 0.338 e. The van der Waals surface area contributed by atoms with E-state index >= 15 is 0 Å². The molecule has 0 unspecified atom stereocenters. The van der Waals surface area contributed by atoms with Gasteiger partial charge in [-0.05, 0) is 43.3 Å². The summed E-state index contributed by atoms with van der Waals surface area (Å²) in [5, 5.41) is 11.5. The number of carbonyl (C=O) groups excluding carboxylic acids is 2. The number of hydrogen-bond acceptors (Lipinski definition) is 4. The fraction of sp³-hybridized carbons (Fsp3) is 0.118. The molecule has 116 valence electrons. The summed E-state index contributed by atoms with van der Waals surface area (Å²) in [5.74, 6) is -1.09. The summed E-state index contributed by atoms with van der Waals surface area (Å²) < 4.78 is 5.96. The van der Waals surface area contributed by atoms with Gasteiger partial charge in [-0.2, -0.15) is 5.26 Å². The van der Waals surface area contributed by atoms with Crippen molar-refractivity contribution in [2.24, 2.45) is 0 Å². The van der Waals surface area contributed by atoms with Crippen LogP contribution in [0.15, 0.2) is 53.0 Å². The van der Waals surface area contributed by atoms with Gasteiger partial charge in [-0.25, -0.2) is 4.79 Å². The summed E-state index contributed by atoms with van der Waals surface area (Å²) in [6.45, 7) is 1.49. The number of nitrogens with one attached hydrogen (secondary N) is 1. The lowest BCUT2D eigenvalue weighted by Gasteiger charge is -2.13. The van der Waals surface area contributed by atoms with E-state index in [9.17, 15) is 9.59 Å². The normalized spacial score (nSPS) is 11.2. The maximum absolute atomic E-state index is 12.1. The predicted molar refractivity (Wildman–Crippen MR) is 88.8 cm³/mol. The fourth-order valence-corrected chi connectivity index (χ4v) is 2.21. The van der Waals surface area contributed by atoms with Crippen molar-refractivity contribution in [2.45, 2.75) is 13.0 Å². The van der Waals surface area contributed by atoms with Crippen molar-refractivity contribution in [3.63, 3.8) is 0 Å². The monoisotopic (exact) mass is 372 g/mol. The van der Waals surface area contributed by atoms with Crippen molar-refractivity contribution in [3.05, 3.63) is 64.1 Å². The lowest BCUT2D eigenvalue weighted by atomic mass is 10.1. The van der Waals surface area contributed by atoms with Crippen LogP contribution in [0.3, 0.4) is 0 Å². The van der Waals surface area contributed by atoms with Gasteiger partial charge >= 0.3 is 5.97 Å². The van der Waals surface area contributed by atoms with Crippen LogP contribution in [0.25, 0.3) is 0 Å². The number of rotatable bonds is 4. The summed E-state index contributed by atoms with van der Waals surface area (Å²) in [5.41, 5.74) is 1.18. The summed E-state index contributed by atoms with van der Waals surface area (Å²) >= 11 is 3.31. The van der Waals surface area contributed by atoms with Crippen LogP contribution in [0, 0.1) is 11.3 Å². The standard InChI is InChI=1S/C17H13BrN2O3/c1-11(16(21)20-15-7-3-6-14(18)9-15)23-17(22)13-5-2-4-12(8-13)10-19/h2-9,11H,1H3,(H,20,21)/t11-/m1/s1. The Bertz CT molecular complexity index is 783. The van der Waals surface area contributed by atoms with Gasteiger partial charge in [0.2, 0.25) is 0 Å². The molecule has 2 aromatic carbocycles. The Balaban J connectivity index is 2.00. The minimum atomic E-state index is -0.966. The zero-order valence-corrected chi connectivity index (χ0v) is 13.8. The second-order valence-corrected chi connectivity index (χ2v) is 5.66. The quantitative estimate of drug-likeness (QED) is 0.832. The lowest BCUT2D eigenvalue weighted by molar-refractivity contribution is -0.123. The molecule has 0 saturated carbocycles. The van der Waals surface area contributed by atoms with E-state index in [1.165, 1.54) is 19.1 Å². The van der Waals surface area contributed by atoms with Crippen LogP contribution in [-0.2, 0) is 9.53 Å². The average molecular weight is 373 g/mol. The number of benzene rings is 2. The summed E-state index contributed by atoms with van der Waals surface area (Å²) in [4.78, 5) is 24.1. The molecule has 1 N–H and O–H groups in total. The Kier molecular flexibility index (Phi) is 5.50. The molecule has 1 atom stereocenters. The zero-order chi connectivity index (χ0) is 16.8. The minimum absolute atomic E-state index is 0.228. The van der Waals surface area contributed by atoms with Gasteiger partial charge in [0, 0.05) is 10.2 Å². The number of ether oxygens (including phenoxy) is 1. The van der Waals surface area contributed by atoms with Crippen LogP contribution < -0.4 is 5.32 Å². The summed E-state index contributed by atoms with van der Waals surface area (Å²) in [6, 6.07) is 15.1. The highest BCUT2D eigenvalue weighted by molar-refractivity contribution is 9.10. The topological polar surface area (TPSA) is 79.2 Å². The van der Waals surface area contributed by atoms with Crippen molar-refractivity contribution >= 4 is 33.5 Å². The Hall–Kier alpha value is -2.65. The van der Waals surface area contributed by atoms with E-state index < -0.39 is 18.0 Å². The zero-order valence-electron chi connectivity index (χ0n) is 12.2. The first-order chi connectivity index (χ1) is 11.0. The highest BCUT2D eigenvalue weighted by Crippen LogP contribution is 2.16. The van der Waals surface area contributed by atoms with Crippen molar-refractivity contribution in [2.75, 3.05) is 5.32 Å². The number of halogens is 1. The molecule has 0 aliphatic rings. The molecule has 0 bridgehead atoms. The van der Waals surface area contributed by atoms with Gasteiger partial charge in [0.1, 0.15) is 0 Å². The summed E-state index contributed by atoms with van der Waals surface area (Å²) in [7, 11) is 0. The molecule has 0 radical (unpaired) electrons. The maximum atomic E-state index is 12.1. The second-order valence-electron chi connectivity index (χ2n) is 4.74. The molecule has 2 aromatic rings. The van der Waals surface area contributed by atoms with E-state index in [1.54, 1.807) is 30.3 Å². The molecular formula is C17H13BrN2O3. The van der Waals surface area contributed by atoms with Gasteiger partial charge in [0.15, 0.2) is 6.10 Å². The van der Waals surface area contributed by atoms with Crippen LogP contribution in [0.2, 0.25) is 0 Å². The van der Waals surface area contributed by atoms with E-state index in [4.69, 9.17) is 10.00 Å². The average Bonchev–Trinajstić information content (AvgIpc) is 2.54. The Morgan fingerprint density at radius 3 is 2.65 bits per heavy atom. The number of amides is 1. The van der Waals surface area contributed by atoms with Crippen LogP contribution >= 0.6 is 15.9 Å². The van der Waals surface area contributed by atoms with Gasteiger partial charge in [-0.15, -0.1) is 0 Å². The van der Waals surface area contributed by atoms with Crippen molar-refractivity contribution in [1.82, 2.24) is 0 Å². The molecule has 5 nitrogen and oxygen atoms in total. The number of nitriles is 1. The van der Waals surface area contributed by atoms with Gasteiger partial charge < -0.3 is 10.1 Å². The van der Waals surface area contributed by atoms with E-state index in [0.717, 1.165) is 4.47 Å². The first kappa shape index (κ1) is 16.7. The number of anilines is 1. The SMILES string of the molecule is C[C@@H](OC(=O)c1cccc(C#N)c1)C(=O)Nc1cccc(Br)c1. The highest BCUT2D eigenvalue weighted by Gasteiger charge is 2.19. The Morgan fingerprint density at radius 1 is 1.22 bits per heavy atom. The molecule has 1 amide bonds. The third-order valence-corrected chi connectivity index (χ3v) is 3.47. The van der Waals surface area contributed by atoms with Crippen LogP contribution in [0.1, 0.15) is 22.8 Å². The van der Waals surface area contributed by atoms with Gasteiger partial charge in [-0.1, -0.05) is 28.1 Å². The third kappa shape index (κ3) is 4.66. The van der Waals surface area contributed by atoms with Gasteiger partial charge in [0.25, 0.3) is 5.91 Å². The van der Waals surface area contributed by atoms with E-state index in [2.05, 4.69) is 21.2 Å². The van der Waals surface area contributed by atoms with Crippen molar-refractivity contribution < 1.29 is 14.3 Å². The molecule has 0 spiro atoms. The number of hydrogen-bond donors (Lipinski definition) is 1. The lowest BCUT2D eigenvalue weighted by Crippen LogP contribution is -2.30. The van der Waals surface area contributed by atoms with Crippen LogP contribution in [0.5, 0.6) is 0 Å². The molecule has 0 saturated heterocycles. The molecule has 0 fully saturated rings. The van der Waals surface area contributed by atoms with E-state index in [-0.39, 0.29) is 5.56 Å². The van der Waals surface area contributed by atoms with E-state index in [0.29, 0.717) is 11.3 Å². The minimum Gasteiger partial charge on any atom is -0.449 e. The third-order valence-electron chi connectivity index (χ3n) is 2.97. The molecule has 0 aromatic heterocycles. The number of nitrogens with zero attached hydrogens (tertiary/aromatic N) is 1. The maximum Gasteiger partial charge on any atom is 0.338 e. The number of esters is 1. The van der Waals surface area contributed by atoms with E-state index in [1.807, 2.05) is 12.1 Å². The van der Waals surface area contributed by atoms with Crippen LogP contribution in [-0.4, -0.2) is 18.0 Å². The molecule has 23 heavy (non-hydrogen) atoms. The largest absolute Gasteiger partial charge is 0.449 e. The Labute approximate surface area is 142 Å². The highest BCUT2D eigenvalue weighted by atomic mass is 79.9. The number of carbonyl (C=O) groups is 2. The predicted octanol–water partition coefficient (Wildman–Crippen LogP) is 3.50. The molecule has 0 aliphatic heterocycles. The molecule has 0 heterocycles. The second kappa shape index (κ2) is 7.56. The molecule has 6 heteroatoms. The van der Waals surface area contributed by atoms with Gasteiger partial charge in [-0.3, -0.25) is 4.79 Å². The van der Waals surface area contributed by atoms with Crippen molar-refractivity contribution in [1.29, 1.82) is 5.26 Å². The molecule has 0 aliphatic carbocycles. The fourth-order valence-electron chi connectivity index (χ4n) is 1.81. The first-order valence-electron chi connectivity index (χ1n) is 6.77.